The van der Waals surface area contributed by atoms with Crippen LogP contribution >= 0.6 is 10.7 Å². The summed E-state index contributed by atoms with van der Waals surface area (Å²) in [6.45, 7) is 2.38. The van der Waals surface area contributed by atoms with Gasteiger partial charge in [0.1, 0.15) is 0 Å². The second-order valence-electron chi connectivity index (χ2n) is 7.98. The van der Waals surface area contributed by atoms with Crippen molar-refractivity contribution in [1.29, 1.82) is 0 Å². The van der Waals surface area contributed by atoms with Gasteiger partial charge >= 0.3 is 5.56 Å². The van der Waals surface area contributed by atoms with Gasteiger partial charge in [-0.05, 0) is 55.0 Å². The van der Waals surface area contributed by atoms with E-state index in [0.29, 0.717) is 19.4 Å². The van der Waals surface area contributed by atoms with Crippen LogP contribution in [0.1, 0.15) is 32.6 Å². The Labute approximate surface area is 218 Å². The molecule has 2 aromatic carbocycles. The Kier molecular flexibility index (Phi) is 9.02. The number of hydrogen-bond acceptors (Lipinski definition) is 8. The minimum Gasteiger partial charge on any atom is -0.298 e. The van der Waals surface area contributed by atoms with Crippen LogP contribution in [0.2, 0.25) is 0 Å². The number of aromatic nitrogens is 2. The molecule has 3 rings (SSSR count). The van der Waals surface area contributed by atoms with Gasteiger partial charge in [0.2, 0.25) is 16.4 Å². The van der Waals surface area contributed by atoms with Gasteiger partial charge in [-0.25, -0.2) is 26.7 Å². The second-order valence-corrected chi connectivity index (χ2v) is 12.1. The molecule has 0 spiro atoms. The molecule has 1 amide bonds. The van der Waals surface area contributed by atoms with Crippen LogP contribution in [0.5, 0.6) is 0 Å². The van der Waals surface area contributed by atoms with Crippen LogP contribution in [0.3, 0.4) is 0 Å². The number of unbranched alkanes of at least 4 members (excludes halogenated alkanes) is 3. The summed E-state index contributed by atoms with van der Waals surface area (Å²) in [4.78, 5) is 26.2. The SMILES string of the molecule is CCCCCCN(C=O)c1[nH]n(-c2ccc(S(=O)(=O)Cl)cc2)c(=O)c1N=Nc1ccc(S(N)(=O)=O)cc1. The number of anilines is 1. The molecular formula is C22H25ClN6O6S2. The number of rotatable bonds is 12. The standard InChI is InChI=1S/C22H25ClN6O6S2/c1-2-3-4-5-14-28(15-30)21-20(26-25-16-6-10-19(11-7-16)37(24,34)35)22(31)29(27-21)17-8-12-18(13-9-17)36(23,32)33/h6-13,15,27H,2-5,14H2,1H3,(H2,24,34,35). The van der Waals surface area contributed by atoms with E-state index in [1.54, 1.807) is 0 Å². The first kappa shape index (κ1) is 28.2. The average Bonchev–Trinajstić information content (AvgIpc) is 3.18. The number of benzene rings is 2. The number of aromatic amines is 1. The number of azo groups is 1. The molecule has 0 atom stereocenters. The zero-order valence-corrected chi connectivity index (χ0v) is 22.1. The average molecular weight is 569 g/mol. The highest BCUT2D eigenvalue weighted by atomic mass is 35.7. The molecule has 0 saturated heterocycles. The fourth-order valence-electron chi connectivity index (χ4n) is 3.38. The predicted octanol–water partition coefficient (Wildman–Crippen LogP) is 3.70. The van der Waals surface area contributed by atoms with Gasteiger partial charge in [-0.2, -0.15) is 5.11 Å². The third-order valence-electron chi connectivity index (χ3n) is 5.32. The molecule has 198 valence electrons. The molecule has 1 heterocycles. The first-order valence-corrected chi connectivity index (χ1v) is 15.0. The Balaban J connectivity index is 2.04. The number of carbonyl (C=O) groups excluding carboxylic acids is 1. The lowest BCUT2D eigenvalue weighted by Crippen LogP contribution is -2.23. The number of nitrogens with one attached hydrogen (secondary N) is 1. The maximum absolute atomic E-state index is 13.3. The molecule has 0 radical (unpaired) electrons. The molecule has 1 aromatic heterocycles. The maximum Gasteiger partial charge on any atom is 0.301 e. The Morgan fingerprint density at radius 1 is 0.973 bits per heavy atom. The van der Waals surface area contributed by atoms with Gasteiger partial charge in [0, 0.05) is 17.2 Å². The van der Waals surface area contributed by atoms with E-state index in [0.717, 1.165) is 23.9 Å². The van der Waals surface area contributed by atoms with Crippen LogP contribution in [-0.4, -0.2) is 39.6 Å². The number of amides is 1. The quantitative estimate of drug-likeness (QED) is 0.145. The summed E-state index contributed by atoms with van der Waals surface area (Å²) in [5.74, 6) is 0.0930. The Bertz CT molecular complexity index is 1550. The van der Waals surface area contributed by atoms with Gasteiger partial charge in [-0.15, -0.1) is 5.11 Å². The first-order valence-electron chi connectivity index (χ1n) is 11.1. The largest absolute Gasteiger partial charge is 0.301 e. The van der Waals surface area contributed by atoms with E-state index in [1.165, 1.54) is 53.4 Å². The summed E-state index contributed by atoms with van der Waals surface area (Å²) in [6, 6.07) is 10.4. The molecule has 3 N–H and O–H groups in total. The molecular weight excluding hydrogens is 544 g/mol. The fraction of sp³-hybridized carbons (Fsp3) is 0.273. The molecule has 0 saturated carbocycles. The topological polar surface area (TPSA) is 177 Å². The van der Waals surface area contributed by atoms with Gasteiger partial charge in [-0.1, -0.05) is 26.2 Å². The van der Waals surface area contributed by atoms with E-state index in [4.69, 9.17) is 15.8 Å². The number of halogens is 1. The molecule has 0 aliphatic rings. The summed E-state index contributed by atoms with van der Waals surface area (Å²) >= 11 is 0. The molecule has 12 nitrogen and oxygen atoms in total. The third-order valence-corrected chi connectivity index (χ3v) is 7.62. The zero-order chi connectivity index (χ0) is 27.2. The van der Waals surface area contributed by atoms with E-state index >= 15 is 0 Å². The lowest BCUT2D eigenvalue weighted by atomic mass is 10.2. The Hall–Kier alpha value is -3.33. The summed E-state index contributed by atoms with van der Waals surface area (Å²) in [5, 5.41) is 16.0. The van der Waals surface area contributed by atoms with E-state index in [1.807, 2.05) is 0 Å². The highest BCUT2D eigenvalue weighted by molar-refractivity contribution is 8.13. The van der Waals surface area contributed by atoms with Gasteiger partial charge < -0.3 is 0 Å². The van der Waals surface area contributed by atoms with Crippen molar-refractivity contribution in [3.05, 3.63) is 58.9 Å². The molecule has 0 fully saturated rings. The van der Waals surface area contributed by atoms with Crippen LogP contribution in [-0.2, 0) is 23.9 Å². The number of nitrogens with two attached hydrogens (primary N) is 1. The highest BCUT2D eigenvalue weighted by Crippen LogP contribution is 2.27. The molecule has 0 aliphatic carbocycles. The minimum atomic E-state index is -3.96. The first-order chi connectivity index (χ1) is 17.5. The molecule has 0 aliphatic heterocycles. The third kappa shape index (κ3) is 7.13. The highest BCUT2D eigenvalue weighted by Gasteiger charge is 2.21. The molecule has 3 aromatic rings. The molecule has 0 bridgehead atoms. The van der Waals surface area contributed by atoms with Gasteiger partial charge in [0.05, 0.1) is 21.2 Å². The summed E-state index contributed by atoms with van der Waals surface area (Å²) in [7, 11) is -2.48. The summed E-state index contributed by atoms with van der Waals surface area (Å²) in [5.41, 5.74) is -0.317. The van der Waals surface area contributed by atoms with Crippen molar-refractivity contribution in [1.82, 2.24) is 9.78 Å². The zero-order valence-electron chi connectivity index (χ0n) is 19.7. The predicted molar refractivity (Wildman–Crippen MR) is 139 cm³/mol. The van der Waals surface area contributed by atoms with Crippen molar-refractivity contribution in [2.75, 3.05) is 11.4 Å². The van der Waals surface area contributed by atoms with Crippen molar-refractivity contribution >= 4 is 53.4 Å². The van der Waals surface area contributed by atoms with Crippen molar-refractivity contribution in [3.63, 3.8) is 0 Å². The second kappa shape index (κ2) is 11.8. The number of nitrogens with zero attached hydrogens (tertiary/aromatic N) is 4. The number of H-pyrrole nitrogens is 1. The summed E-state index contributed by atoms with van der Waals surface area (Å²) < 4.78 is 47.1. The number of sulfonamides is 1. The molecule has 15 heteroatoms. The van der Waals surface area contributed by atoms with Gasteiger partial charge in [-0.3, -0.25) is 19.6 Å². The fourth-order valence-corrected chi connectivity index (χ4v) is 4.67. The Morgan fingerprint density at radius 2 is 1.59 bits per heavy atom. The maximum atomic E-state index is 13.3. The number of hydrogen-bond donors (Lipinski definition) is 2. The number of carbonyl (C=O) groups is 1. The normalized spacial score (nSPS) is 12.2. The van der Waals surface area contributed by atoms with Crippen LogP contribution < -0.4 is 15.6 Å². The Morgan fingerprint density at radius 3 is 2.14 bits per heavy atom. The van der Waals surface area contributed by atoms with Gasteiger partial charge in [0.15, 0.2) is 11.5 Å². The molecule has 0 unspecified atom stereocenters. The monoisotopic (exact) mass is 568 g/mol. The van der Waals surface area contributed by atoms with E-state index in [9.17, 15) is 26.4 Å². The van der Waals surface area contributed by atoms with Crippen molar-refractivity contribution in [2.24, 2.45) is 15.4 Å². The van der Waals surface area contributed by atoms with Crippen molar-refractivity contribution < 1.29 is 21.6 Å². The molecule has 37 heavy (non-hydrogen) atoms. The van der Waals surface area contributed by atoms with Crippen molar-refractivity contribution in [3.8, 4) is 5.69 Å². The van der Waals surface area contributed by atoms with Crippen LogP contribution in [0.15, 0.2) is 73.3 Å². The van der Waals surface area contributed by atoms with Crippen LogP contribution in [0.4, 0.5) is 17.2 Å². The number of primary sulfonamides is 1. The minimum absolute atomic E-state index is 0.0930. The lowest BCUT2D eigenvalue weighted by molar-refractivity contribution is -0.107. The van der Waals surface area contributed by atoms with Crippen LogP contribution in [0, 0.1) is 0 Å². The van der Waals surface area contributed by atoms with Crippen molar-refractivity contribution in [2.45, 2.75) is 42.4 Å². The van der Waals surface area contributed by atoms with E-state index in [2.05, 4.69) is 22.3 Å². The van der Waals surface area contributed by atoms with E-state index in [-0.39, 0.29) is 32.7 Å². The summed E-state index contributed by atoms with van der Waals surface area (Å²) in [6.07, 6.45) is 4.14. The van der Waals surface area contributed by atoms with E-state index < -0.39 is 24.6 Å². The van der Waals surface area contributed by atoms with Crippen LogP contribution in [0.25, 0.3) is 5.69 Å². The smallest absolute Gasteiger partial charge is 0.298 e. The lowest BCUT2D eigenvalue weighted by Gasteiger charge is -2.15. The van der Waals surface area contributed by atoms with Gasteiger partial charge in [0.25, 0.3) is 9.05 Å².